The molecule has 1 N–H and O–H groups in total. The molecule has 35 heavy (non-hydrogen) atoms. The second-order valence-electron chi connectivity index (χ2n) is 7.76. The van der Waals surface area contributed by atoms with Gasteiger partial charge in [-0.3, -0.25) is 4.90 Å². The van der Waals surface area contributed by atoms with Gasteiger partial charge < -0.3 is 23.9 Å². The lowest BCUT2D eigenvalue weighted by molar-refractivity contribution is -0.136. The molecule has 0 fully saturated rings. The highest BCUT2D eigenvalue weighted by molar-refractivity contribution is 7.99. The number of thioether (sulfide) groups is 1. The number of carbonyl (C=O) groups excluding carboxylic acids is 2. The molecule has 0 spiro atoms. The van der Waals surface area contributed by atoms with Crippen molar-refractivity contribution in [3.8, 4) is 11.5 Å². The SMILES string of the molecule is COC(=O)C1=C(CSc2nnc(C3COc4ccccc4O3)o2)N(C)C(=O)NC1c1ccccc1. The third-order valence-corrected chi connectivity index (χ3v) is 6.48. The molecule has 2 aliphatic rings. The van der Waals surface area contributed by atoms with Crippen molar-refractivity contribution in [3.63, 3.8) is 0 Å². The van der Waals surface area contributed by atoms with Gasteiger partial charge in [-0.2, -0.15) is 0 Å². The van der Waals surface area contributed by atoms with Crippen LogP contribution in [0.1, 0.15) is 23.6 Å². The van der Waals surface area contributed by atoms with E-state index in [2.05, 4.69) is 15.5 Å². The van der Waals surface area contributed by atoms with E-state index >= 15 is 0 Å². The van der Waals surface area contributed by atoms with Gasteiger partial charge in [0.25, 0.3) is 11.1 Å². The summed E-state index contributed by atoms with van der Waals surface area (Å²) in [6.07, 6.45) is -0.540. The van der Waals surface area contributed by atoms with E-state index in [0.29, 0.717) is 22.8 Å². The van der Waals surface area contributed by atoms with Crippen LogP contribution < -0.4 is 14.8 Å². The smallest absolute Gasteiger partial charge is 0.338 e. The number of methoxy groups -OCH3 is 1. The fraction of sp³-hybridized carbons (Fsp3) is 0.250. The van der Waals surface area contributed by atoms with Crippen LogP contribution in [0.3, 0.4) is 0 Å². The van der Waals surface area contributed by atoms with Crippen LogP contribution in [-0.2, 0) is 9.53 Å². The predicted molar refractivity (Wildman–Crippen MR) is 125 cm³/mol. The van der Waals surface area contributed by atoms with Gasteiger partial charge in [0.2, 0.25) is 6.10 Å². The van der Waals surface area contributed by atoms with Crippen molar-refractivity contribution in [2.75, 3.05) is 26.5 Å². The number of rotatable bonds is 6. The standard InChI is InChI=1S/C24H22N4O6S/c1-28-15(19(22(29)31-2)20(25-23(28)30)14-8-4-3-5-9-14)13-35-24-27-26-21(34-24)18-12-32-16-10-6-7-11-17(16)33-18/h3-11,18,20H,12-13H2,1-2H3,(H,25,30). The monoisotopic (exact) mass is 494 g/mol. The number of para-hydroxylation sites is 2. The number of hydrogen-bond donors (Lipinski definition) is 1. The zero-order valence-corrected chi connectivity index (χ0v) is 19.8. The zero-order valence-electron chi connectivity index (χ0n) is 19.0. The highest BCUT2D eigenvalue weighted by Crippen LogP contribution is 2.37. The lowest BCUT2D eigenvalue weighted by atomic mass is 9.95. The first kappa shape index (κ1) is 22.8. The Morgan fingerprint density at radius 3 is 2.66 bits per heavy atom. The summed E-state index contributed by atoms with van der Waals surface area (Å²) in [5.41, 5.74) is 1.60. The van der Waals surface area contributed by atoms with Crippen molar-refractivity contribution in [1.29, 1.82) is 0 Å². The normalized spacial score (nSPS) is 19.4. The summed E-state index contributed by atoms with van der Waals surface area (Å²) < 4.78 is 22.5. The van der Waals surface area contributed by atoms with E-state index in [4.69, 9.17) is 18.6 Å². The van der Waals surface area contributed by atoms with Crippen LogP contribution in [-0.4, -0.2) is 53.6 Å². The fourth-order valence-electron chi connectivity index (χ4n) is 3.86. The van der Waals surface area contributed by atoms with Gasteiger partial charge in [0.1, 0.15) is 6.61 Å². The number of nitrogens with one attached hydrogen (secondary N) is 1. The lowest BCUT2D eigenvalue weighted by Crippen LogP contribution is -2.47. The molecule has 3 heterocycles. The van der Waals surface area contributed by atoms with Crippen LogP contribution in [0.5, 0.6) is 11.5 Å². The Labute approximate surface area is 205 Å². The average Bonchev–Trinajstić information content (AvgIpc) is 3.38. The van der Waals surface area contributed by atoms with Gasteiger partial charge in [-0.1, -0.05) is 54.2 Å². The molecule has 2 atom stereocenters. The van der Waals surface area contributed by atoms with Crippen molar-refractivity contribution < 1.29 is 28.2 Å². The molecule has 3 aromatic rings. The third kappa shape index (κ3) is 4.54. The second-order valence-corrected chi connectivity index (χ2v) is 8.69. The molecule has 0 saturated carbocycles. The summed E-state index contributed by atoms with van der Waals surface area (Å²) in [6.45, 7) is 0.239. The molecule has 0 bridgehead atoms. The van der Waals surface area contributed by atoms with Crippen molar-refractivity contribution >= 4 is 23.8 Å². The molecule has 0 aliphatic carbocycles. The van der Waals surface area contributed by atoms with Gasteiger partial charge in [-0.25, -0.2) is 9.59 Å². The Morgan fingerprint density at radius 2 is 1.89 bits per heavy atom. The molecular weight excluding hydrogens is 472 g/mol. The zero-order chi connectivity index (χ0) is 24.4. The second kappa shape index (κ2) is 9.71. The quantitative estimate of drug-likeness (QED) is 0.406. The van der Waals surface area contributed by atoms with Crippen LogP contribution in [0.15, 0.2) is 75.5 Å². The Kier molecular flexibility index (Phi) is 6.32. The van der Waals surface area contributed by atoms with Crippen molar-refractivity contribution in [1.82, 2.24) is 20.4 Å². The summed E-state index contributed by atoms with van der Waals surface area (Å²) in [6, 6.07) is 15.6. The maximum atomic E-state index is 12.8. The van der Waals surface area contributed by atoms with Gasteiger partial charge in [0, 0.05) is 18.5 Å². The van der Waals surface area contributed by atoms with Crippen molar-refractivity contribution in [2.45, 2.75) is 17.4 Å². The number of hydrogen-bond acceptors (Lipinski definition) is 9. The van der Waals surface area contributed by atoms with E-state index in [1.54, 1.807) is 13.1 Å². The van der Waals surface area contributed by atoms with E-state index in [1.807, 2.05) is 48.5 Å². The largest absolute Gasteiger partial charge is 0.485 e. The van der Waals surface area contributed by atoms with E-state index in [0.717, 1.165) is 5.56 Å². The number of benzene rings is 2. The molecular formula is C24H22N4O6S. The molecule has 2 aliphatic heterocycles. The molecule has 11 heteroatoms. The summed E-state index contributed by atoms with van der Waals surface area (Å²) >= 11 is 1.21. The third-order valence-electron chi connectivity index (χ3n) is 5.65. The van der Waals surface area contributed by atoms with Crippen molar-refractivity contribution in [3.05, 3.63) is 77.3 Å². The molecule has 2 unspecified atom stereocenters. The van der Waals surface area contributed by atoms with Crippen LogP contribution in [0.2, 0.25) is 0 Å². The van der Waals surface area contributed by atoms with E-state index < -0.39 is 18.1 Å². The summed E-state index contributed by atoms with van der Waals surface area (Å²) in [4.78, 5) is 26.9. The number of esters is 1. The molecule has 1 aromatic heterocycles. The Balaban J connectivity index is 1.37. The Hall–Kier alpha value is -3.99. The van der Waals surface area contributed by atoms with E-state index in [9.17, 15) is 9.59 Å². The number of fused-ring (bicyclic) bond motifs is 1. The molecule has 0 saturated heterocycles. The van der Waals surface area contributed by atoms with Crippen LogP contribution in [0.25, 0.3) is 0 Å². The maximum Gasteiger partial charge on any atom is 0.338 e. The maximum absolute atomic E-state index is 12.8. The van der Waals surface area contributed by atoms with Gasteiger partial charge in [0.05, 0.1) is 18.7 Å². The van der Waals surface area contributed by atoms with Crippen LogP contribution >= 0.6 is 11.8 Å². The van der Waals surface area contributed by atoms with Crippen LogP contribution in [0.4, 0.5) is 4.79 Å². The Bertz CT molecular complexity index is 1280. The minimum atomic E-state index is -0.644. The predicted octanol–water partition coefficient (Wildman–Crippen LogP) is 3.50. The summed E-state index contributed by atoms with van der Waals surface area (Å²) in [5.74, 6) is 1.24. The fourth-order valence-corrected chi connectivity index (χ4v) is 4.71. The van der Waals surface area contributed by atoms with Crippen LogP contribution in [0, 0.1) is 0 Å². The summed E-state index contributed by atoms with van der Waals surface area (Å²) in [5, 5.41) is 11.3. The average molecular weight is 495 g/mol. The number of aromatic nitrogens is 2. The van der Waals surface area contributed by atoms with E-state index in [-0.39, 0.29) is 29.5 Å². The van der Waals surface area contributed by atoms with Crippen molar-refractivity contribution in [2.24, 2.45) is 0 Å². The van der Waals surface area contributed by atoms with Gasteiger partial charge in [-0.15, -0.1) is 10.2 Å². The molecule has 2 amide bonds. The molecule has 2 aromatic carbocycles. The highest BCUT2D eigenvalue weighted by atomic mass is 32.2. The number of ether oxygens (including phenoxy) is 3. The minimum Gasteiger partial charge on any atom is -0.485 e. The first-order valence-electron chi connectivity index (χ1n) is 10.8. The first-order valence-corrected chi connectivity index (χ1v) is 11.8. The summed E-state index contributed by atoms with van der Waals surface area (Å²) in [7, 11) is 2.91. The minimum absolute atomic E-state index is 0.226. The molecule has 5 rings (SSSR count). The highest BCUT2D eigenvalue weighted by Gasteiger charge is 2.37. The molecule has 10 nitrogen and oxygen atoms in total. The van der Waals surface area contributed by atoms with Gasteiger partial charge in [0.15, 0.2) is 11.5 Å². The molecule has 180 valence electrons. The number of nitrogens with zero attached hydrogens (tertiary/aromatic N) is 3. The van der Waals surface area contributed by atoms with E-state index in [1.165, 1.54) is 23.8 Å². The Morgan fingerprint density at radius 1 is 1.14 bits per heavy atom. The number of amides is 2. The first-order chi connectivity index (χ1) is 17.0. The topological polar surface area (TPSA) is 116 Å². The number of urea groups is 1. The number of carbonyl (C=O) groups is 2. The van der Waals surface area contributed by atoms with Gasteiger partial charge in [-0.05, 0) is 17.7 Å². The lowest BCUT2D eigenvalue weighted by Gasteiger charge is -2.34. The molecule has 0 radical (unpaired) electrons. The van der Waals surface area contributed by atoms with Gasteiger partial charge >= 0.3 is 12.0 Å².